The SMILES string of the molecule is O=C1C=C(Br)C(=O)C2=C1C(c1ccc3ccccc3c1O)C1=CCC3C(=O)NC(=O)C3C1C2. The maximum absolute atomic E-state index is 13.2. The number of nitrogens with one attached hydrogen (secondary N) is 1. The van der Waals surface area contributed by atoms with Gasteiger partial charge in [-0.3, -0.25) is 24.5 Å². The molecule has 2 aromatic carbocycles. The van der Waals surface area contributed by atoms with Crippen LogP contribution in [-0.2, 0) is 19.2 Å². The van der Waals surface area contributed by atoms with Crippen LogP contribution in [0.15, 0.2) is 69.8 Å². The Morgan fingerprint density at radius 1 is 0.970 bits per heavy atom. The molecule has 0 spiro atoms. The van der Waals surface area contributed by atoms with E-state index in [9.17, 15) is 24.3 Å². The molecule has 0 aromatic heterocycles. The third-order valence-corrected chi connectivity index (χ3v) is 8.01. The van der Waals surface area contributed by atoms with Gasteiger partial charge in [0.1, 0.15) is 5.75 Å². The molecule has 1 saturated heterocycles. The molecule has 6 rings (SSSR count). The van der Waals surface area contributed by atoms with Gasteiger partial charge in [0.25, 0.3) is 0 Å². The van der Waals surface area contributed by atoms with Crippen LogP contribution < -0.4 is 5.32 Å². The van der Waals surface area contributed by atoms with Crippen LogP contribution in [0.4, 0.5) is 0 Å². The fourth-order valence-corrected chi connectivity index (χ4v) is 6.43. The highest BCUT2D eigenvalue weighted by Crippen LogP contribution is 2.55. The van der Waals surface area contributed by atoms with E-state index in [1.807, 2.05) is 36.4 Å². The maximum Gasteiger partial charge on any atom is 0.231 e. The Morgan fingerprint density at radius 3 is 2.58 bits per heavy atom. The van der Waals surface area contributed by atoms with Gasteiger partial charge in [0.05, 0.1) is 16.3 Å². The van der Waals surface area contributed by atoms with Crippen LogP contribution >= 0.6 is 15.9 Å². The number of halogens is 1. The van der Waals surface area contributed by atoms with Gasteiger partial charge in [0.2, 0.25) is 11.8 Å². The molecule has 4 aliphatic rings. The molecule has 6 nitrogen and oxygen atoms in total. The van der Waals surface area contributed by atoms with Crippen LogP contribution in [0.1, 0.15) is 24.3 Å². The fraction of sp³-hybridized carbons (Fsp3) is 0.231. The zero-order valence-electron chi connectivity index (χ0n) is 17.3. The molecular weight excluding hydrogens is 486 g/mol. The first-order chi connectivity index (χ1) is 15.9. The topological polar surface area (TPSA) is 101 Å². The number of hydrogen-bond donors (Lipinski definition) is 2. The van der Waals surface area contributed by atoms with Crippen LogP contribution in [0.3, 0.4) is 0 Å². The Balaban J connectivity index is 1.61. The molecule has 1 aliphatic heterocycles. The van der Waals surface area contributed by atoms with Gasteiger partial charge in [0.15, 0.2) is 11.6 Å². The van der Waals surface area contributed by atoms with E-state index in [4.69, 9.17) is 0 Å². The van der Waals surface area contributed by atoms with Crippen molar-refractivity contribution >= 4 is 50.1 Å². The number of aromatic hydroxyl groups is 1. The van der Waals surface area contributed by atoms with Crippen LogP contribution in [-0.4, -0.2) is 28.5 Å². The Bertz CT molecular complexity index is 1420. The Morgan fingerprint density at radius 2 is 1.76 bits per heavy atom. The van der Waals surface area contributed by atoms with E-state index in [0.29, 0.717) is 28.5 Å². The summed E-state index contributed by atoms with van der Waals surface area (Å²) >= 11 is 3.20. The highest BCUT2D eigenvalue weighted by atomic mass is 79.9. The average molecular weight is 504 g/mol. The number of carbonyl (C=O) groups excluding carboxylic acids is 4. The average Bonchev–Trinajstić information content (AvgIpc) is 3.10. The molecule has 2 N–H and O–H groups in total. The van der Waals surface area contributed by atoms with Crippen molar-refractivity contribution in [3.05, 3.63) is 75.3 Å². The molecule has 33 heavy (non-hydrogen) atoms. The summed E-state index contributed by atoms with van der Waals surface area (Å²) in [5.41, 5.74) is 2.03. The minimum Gasteiger partial charge on any atom is -0.507 e. The number of phenols is 1. The zero-order chi connectivity index (χ0) is 23.0. The fourth-order valence-electron chi connectivity index (χ4n) is 5.98. The first-order valence-corrected chi connectivity index (χ1v) is 11.6. The molecule has 1 fully saturated rings. The van der Waals surface area contributed by atoms with Crippen LogP contribution in [0.2, 0.25) is 0 Å². The molecule has 4 unspecified atom stereocenters. The molecule has 2 aromatic rings. The second-order valence-electron chi connectivity index (χ2n) is 8.97. The highest BCUT2D eigenvalue weighted by Gasteiger charge is 2.53. The van der Waals surface area contributed by atoms with E-state index in [1.54, 1.807) is 6.07 Å². The lowest BCUT2D eigenvalue weighted by molar-refractivity contribution is -0.126. The molecule has 0 bridgehead atoms. The lowest BCUT2D eigenvalue weighted by Gasteiger charge is -2.42. The van der Waals surface area contributed by atoms with Gasteiger partial charge in [-0.05, 0) is 40.1 Å². The normalized spacial score (nSPS) is 28.8. The van der Waals surface area contributed by atoms with E-state index in [-0.39, 0.29) is 40.0 Å². The van der Waals surface area contributed by atoms with Crippen LogP contribution in [0.5, 0.6) is 5.75 Å². The number of allylic oxidation sites excluding steroid dienone is 6. The number of rotatable bonds is 1. The number of ketones is 2. The zero-order valence-corrected chi connectivity index (χ0v) is 18.9. The van der Waals surface area contributed by atoms with Crippen LogP contribution in [0, 0.1) is 17.8 Å². The summed E-state index contributed by atoms with van der Waals surface area (Å²) in [5.74, 6) is -3.30. The summed E-state index contributed by atoms with van der Waals surface area (Å²) in [6, 6.07) is 11.1. The van der Waals surface area contributed by atoms with Crippen molar-refractivity contribution in [2.24, 2.45) is 17.8 Å². The number of phenolic OH excluding ortho intramolecular Hbond substituents is 1. The van der Waals surface area contributed by atoms with E-state index >= 15 is 0 Å². The summed E-state index contributed by atoms with van der Waals surface area (Å²) in [4.78, 5) is 51.4. The second-order valence-corrected chi connectivity index (χ2v) is 9.83. The minimum atomic E-state index is -0.666. The number of benzene rings is 2. The Kier molecular flexibility index (Phi) is 4.36. The molecule has 7 heteroatoms. The van der Waals surface area contributed by atoms with Gasteiger partial charge >= 0.3 is 0 Å². The predicted octanol–water partition coefficient (Wildman–Crippen LogP) is 3.60. The van der Waals surface area contributed by atoms with Gasteiger partial charge in [-0.15, -0.1) is 0 Å². The number of carbonyl (C=O) groups is 4. The first-order valence-electron chi connectivity index (χ1n) is 10.8. The molecule has 0 saturated carbocycles. The Labute approximate surface area is 197 Å². The van der Waals surface area contributed by atoms with E-state index in [0.717, 1.165) is 11.0 Å². The highest BCUT2D eigenvalue weighted by molar-refractivity contribution is 9.12. The summed E-state index contributed by atoms with van der Waals surface area (Å²) in [7, 11) is 0. The van der Waals surface area contributed by atoms with Crippen molar-refractivity contribution in [1.82, 2.24) is 5.32 Å². The minimum absolute atomic E-state index is 0.0504. The van der Waals surface area contributed by atoms with E-state index < -0.39 is 23.7 Å². The van der Waals surface area contributed by atoms with Crippen molar-refractivity contribution < 1.29 is 24.3 Å². The van der Waals surface area contributed by atoms with Crippen molar-refractivity contribution in [3.63, 3.8) is 0 Å². The third kappa shape index (κ3) is 2.78. The number of fused-ring (bicyclic) bond motifs is 4. The standard InChI is InChI=1S/C26H18BrNO5/c27-18-10-19(29)22-17(24(18)31)9-16-13(7-8-15-21(16)26(33)28-25(15)32)20(22)14-6-5-11-3-1-2-4-12(11)23(14)30/h1-7,10,15-16,20-21,30H,8-9H2,(H,28,32,33). The summed E-state index contributed by atoms with van der Waals surface area (Å²) in [6.45, 7) is 0. The summed E-state index contributed by atoms with van der Waals surface area (Å²) in [5, 5.41) is 15.2. The summed E-state index contributed by atoms with van der Waals surface area (Å²) < 4.78 is 0.180. The molecule has 164 valence electrons. The van der Waals surface area contributed by atoms with Crippen LogP contribution in [0.25, 0.3) is 10.8 Å². The van der Waals surface area contributed by atoms with Crippen molar-refractivity contribution in [1.29, 1.82) is 0 Å². The third-order valence-electron chi connectivity index (χ3n) is 7.42. The number of Topliss-reactive ketones (excluding diaryl/α,β-unsaturated/α-hetero) is 1. The van der Waals surface area contributed by atoms with Gasteiger partial charge < -0.3 is 5.11 Å². The van der Waals surface area contributed by atoms with Crippen molar-refractivity contribution in [3.8, 4) is 5.75 Å². The molecular formula is C26H18BrNO5. The quantitative estimate of drug-likeness (QED) is 0.351. The monoisotopic (exact) mass is 503 g/mol. The predicted molar refractivity (Wildman–Crippen MR) is 123 cm³/mol. The second kappa shape index (κ2) is 7.09. The van der Waals surface area contributed by atoms with E-state index in [1.165, 1.54) is 6.08 Å². The summed E-state index contributed by atoms with van der Waals surface area (Å²) in [6.07, 6.45) is 3.80. The molecule has 4 atom stereocenters. The van der Waals surface area contributed by atoms with Gasteiger partial charge in [-0.2, -0.15) is 0 Å². The maximum atomic E-state index is 13.2. The molecule has 1 heterocycles. The first kappa shape index (κ1) is 20.3. The number of imide groups is 1. The Hall–Kier alpha value is -3.32. The van der Waals surface area contributed by atoms with Crippen molar-refractivity contribution in [2.45, 2.75) is 18.8 Å². The number of amides is 2. The number of hydrogen-bond acceptors (Lipinski definition) is 5. The van der Waals surface area contributed by atoms with Crippen molar-refractivity contribution in [2.75, 3.05) is 0 Å². The van der Waals surface area contributed by atoms with Gasteiger partial charge in [-0.1, -0.05) is 48.0 Å². The lowest BCUT2D eigenvalue weighted by Crippen LogP contribution is -2.39. The molecule has 0 radical (unpaired) electrons. The van der Waals surface area contributed by atoms with E-state index in [2.05, 4.69) is 21.2 Å². The van der Waals surface area contributed by atoms with Gasteiger partial charge in [0, 0.05) is 34.1 Å². The lowest BCUT2D eigenvalue weighted by atomic mass is 9.59. The van der Waals surface area contributed by atoms with Gasteiger partial charge in [-0.25, -0.2) is 0 Å². The molecule has 3 aliphatic carbocycles. The largest absolute Gasteiger partial charge is 0.507 e. The smallest absolute Gasteiger partial charge is 0.231 e. The molecule has 2 amide bonds.